The summed E-state index contributed by atoms with van der Waals surface area (Å²) in [4.78, 5) is 4.79. The van der Waals surface area contributed by atoms with Crippen LogP contribution >= 0.6 is 12.2 Å². The predicted molar refractivity (Wildman–Crippen MR) is 64.6 cm³/mol. The van der Waals surface area contributed by atoms with Crippen LogP contribution < -0.4 is 5.32 Å². The van der Waals surface area contributed by atoms with E-state index in [-0.39, 0.29) is 0 Å². The van der Waals surface area contributed by atoms with Gasteiger partial charge < -0.3 is 15.1 Å². The Kier molecular flexibility index (Phi) is 4.62. The van der Waals surface area contributed by atoms with E-state index in [4.69, 9.17) is 12.2 Å². The summed E-state index contributed by atoms with van der Waals surface area (Å²) >= 11 is 5.28. The first-order chi connectivity index (χ1) is 6.69. The lowest BCUT2D eigenvalue weighted by Gasteiger charge is -2.30. The van der Waals surface area contributed by atoms with Crippen LogP contribution in [-0.4, -0.2) is 54.2 Å². The second kappa shape index (κ2) is 5.51. The number of likely N-dealkylation sites (N-methyl/N-ethyl adjacent to an activating group) is 1. The lowest BCUT2D eigenvalue weighted by atomic mass is 10.3. The molecular weight excluding hydrogens is 194 g/mol. The van der Waals surface area contributed by atoms with Gasteiger partial charge in [-0.25, -0.2) is 0 Å². The molecular formula is C10H21N3S. The highest BCUT2D eigenvalue weighted by molar-refractivity contribution is 7.80. The van der Waals surface area contributed by atoms with Crippen LogP contribution in [0.2, 0.25) is 0 Å². The molecule has 1 aliphatic heterocycles. The number of nitrogens with zero attached hydrogens (tertiary/aromatic N) is 2. The molecule has 0 spiro atoms. The minimum atomic E-state index is 0.525. The number of thiocarbonyl (C=S) groups is 1. The van der Waals surface area contributed by atoms with Gasteiger partial charge in [0.05, 0.1) is 0 Å². The fourth-order valence-electron chi connectivity index (χ4n) is 1.98. The molecule has 0 aliphatic carbocycles. The van der Waals surface area contributed by atoms with E-state index in [0.717, 1.165) is 24.7 Å². The highest BCUT2D eigenvalue weighted by atomic mass is 32.1. The maximum absolute atomic E-state index is 5.28. The smallest absolute Gasteiger partial charge is 0.168 e. The molecule has 1 atom stereocenters. The highest BCUT2D eigenvalue weighted by Gasteiger charge is 2.21. The third kappa shape index (κ3) is 2.82. The first kappa shape index (κ1) is 11.7. The number of hydrogen-bond acceptors (Lipinski definition) is 2. The molecule has 1 unspecified atom stereocenters. The van der Waals surface area contributed by atoms with Crippen molar-refractivity contribution >= 4 is 17.3 Å². The standard InChI is InChI=1S/C10H21N3S/c1-4-12-6-5-7-13(9(2)8-12)10(14)11-3/h9H,4-8H2,1-3H3,(H,11,14). The van der Waals surface area contributed by atoms with Gasteiger partial charge in [0.15, 0.2) is 5.11 Å². The molecule has 1 saturated heterocycles. The van der Waals surface area contributed by atoms with E-state index >= 15 is 0 Å². The molecule has 3 nitrogen and oxygen atoms in total. The van der Waals surface area contributed by atoms with Crippen molar-refractivity contribution in [2.45, 2.75) is 26.3 Å². The summed E-state index contributed by atoms with van der Waals surface area (Å²) in [6.07, 6.45) is 1.21. The van der Waals surface area contributed by atoms with Gasteiger partial charge >= 0.3 is 0 Å². The van der Waals surface area contributed by atoms with Gasteiger partial charge in [0.2, 0.25) is 0 Å². The molecule has 1 N–H and O–H groups in total. The monoisotopic (exact) mass is 215 g/mol. The van der Waals surface area contributed by atoms with Gasteiger partial charge in [-0.05, 0) is 38.7 Å². The highest BCUT2D eigenvalue weighted by Crippen LogP contribution is 2.09. The Balaban J connectivity index is 2.57. The van der Waals surface area contributed by atoms with Gasteiger partial charge in [0.25, 0.3) is 0 Å². The molecule has 0 aromatic carbocycles. The van der Waals surface area contributed by atoms with Gasteiger partial charge in [0.1, 0.15) is 0 Å². The molecule has 1 aliphatic rings. The number of rotatable bonds is 1. The minimum Gasteiger partial charge on any atom is -0.366 e. The van der Waals surface area contributed by atoms with Gasteiger partial charge in [-0.3, -0.25) is 0 Å². The van der Waals surface area contributed by atoms with Crippen LogP contribution in [-0.2, 0) is 0 Å². The normalized spacial score (nSPS) is 24.5. The van der Waals surface area contributed by atoms with Crippen molar-refractivity contribution < 1.29 is 0 Å². The SMILES string of the molecule is CCN1CCCN(C(=S)NC)C(C)C1. The molecule has 0 radical (unpaired) electrons. The van der Waals surface area contributed by atoms with E-state index in [1.54, 1.807) is 0 Å². The first-order valence-corrected chi connectivity index (χ1v) is 5.80. The lowest BCUT2D eigenvalue weighted by Crippen LogP contribution is -2.46. The van der Waals surface area contributed by atoms with Crippen molar-refractivity contribution in [3.63, 3.8) is 0 Å². The molecule has 82 valence electrons. The average molecular weight is 215 g/mol. The Bertz CT molecular complexity index is 196. The molecule has 1 fully saturated rings. The first-order valence-electron chi connectivity index (χ1n) is 5.39. The number of nitrogens with one attached hydrogen (secondary N) is 1. The van der Waals surface area contributed by atoms with Crippen molar-refractivity contribution in [1.82, 2.24) is 15.1 Å². The van der Waals surface area contributed by atoms with Crippen LogP contribution in [0.5, 0.6) is 0 Å². The Labute approximate surface area is 92.4 Å². The quantitative estimate of drug-likeness (QED) is 0.655. The van der Waals surface area contributed by atoms with Gasteiger partial charge in [0, 0.05) is 26.2 Å². The summed E-state index contributed by atoms with van der Waals surface area (Å²) in [7, 11) is 1.90. The number of hydrogen-bond donors (Lipinski definition) is 1. The van der Waals surface area contributed by atoms with Crippen LogP contribution in [0, 0.1) is 0 Å². The van der Waals surface area contributed by atoms with Crippen LogP contribution in [0.4, 0.5) is 0 Å². The summed E-state index contributed by atoms with van der Waals surface area (Å²) in [5.41, 5.74) is 0. The maximum Gasteiger partial charge on any atom is 0.168 e. The summed E-state index contributed by atoms with van der Waals surface area (Å²) in [6.45, 7) is 9.01. The van der Waals surface area contributed by atoms with Crippen LogP contribution in [0.25, 0.3) is 0 Å². The molecule has 4 heteroatoms. The Morgan fingerprint density at radius 2 is 2.21 bits per heavy atom. The molecule has 0 amide bonds. The van der Waals surface area contributed by atoms with Gasteiger partial charge in [-0.1, -0.05) is 6.92 Å². The Morgan fingerprint density at radius 1 is 1.50 bits per heavy atom. The van der Waals surface area contributed by atoms with Crippen LogP contribution in [0.15, 0.2) is 0 Å². The molecule has 14 heavy (non-hydrogen) atoms. The van der Waals surface area contributed by atoms with Gasteiger partial charge in [-0.15, -0.1) is 0 Å². The zero-order chi connectivity index (χ0) is 10.6. The van der Waals surface area contributed by atoms with E-state index in [9.17, 15) is 0 Å². The second-order valence-corrected chi connectivity index (χ2v) is 4.23. The molecule has 0 bridgehead atoms. The lowest BCUT2D eigenvalue weighted by molar-refractivity contribution is 0.257. The zero-order valence-corrected chi connectivity index (χ0v) is 10.2. The van der Waals surface area contributed by atoms with E-state index in [2.05, 4.69) is 29.0 Å². The van der Waals surface area contributed by atoms with E-state index < -0.39 is 0 Å². The molecule has 1 heterocycles. The fraction of sp³-hybridized carbons (Fsp3) is 0.900. The zero-order valence-electron chi connectivity index (χ0n) is 9.42. The molecule has 1 rings (SSSR count). The second-order valence-electron chi connectivity index (χ2n) is 3.84. The summed E-state index contributed by atoms with van der Waals surface area (Å²) < 4.78 is 0. The van der Waals surface area contributed by atoms with Gasteiger partial charge in [-0.2, -0.15) is 0 Å². The Hall–Kier alpha value is -0.350. The van der Waals surface area contributed by atoms with Crippen LogP contribution in [0.3, 0.4) is 0 Å². The third-order valence-corrected chi connectivity index (χ3v) is 3.29. The summed E-state index contributed by atoms with van der Waals surface area (Å²) in [5.74, 6) is 0. The van der Waals surface area contributed by atoms with E-state index in [0.29, 0.717) is 6.04 Å². The minimum absolute atomic E-state index is 0.525. The fourth-order valence-corrected chi connectivity index (χ4v) is 2.25. The van der Waals surface area contributed by atoms with E-state index in [1.807, 2.05) is 7.05 Å². The topological polar surface area (TPSA) is 18.5 Å². The summed E-state index contributed by atoms with van der Waals surface area (Å²) in [5, 5.41) is 3.95. The largest absolute Gasteiger partial charge is 0.366 e. The van der Waals surface area contributed by atoms with Crippen molar-refractivity contribution in [2.24, 2.45) is 0 Å². The Morgan fingerprint density at radius 3 is 2.79 bits per heavy atom. The van der Waals surface area contributed by atoms with Crippen LogP contribution in [0.1, 0.15) is 20.3 Å². The molecule has 0 saturated carbocycles. The van der Waals surface area contributed by atoms with Crippen molar-refractivity contribution in [3.05, 3.63) is 0 Å². The molecule has 0 aromatic rings. The van der Waals surface area contributed by atoms with Crippen molar-refractivity contribution in [2.75, 3.05) is 33.2 Å². The molecule has 0 aromatic heterocycles. The predicted octanol–water partition coefficient (Wildman–Crippen LogP) is 0.907. The van der Waals surface area contributed by atoms with Crippen molar-refractivity contribution in [1.29, 1.82) is 0 Å². The third-order valence-electron chi connectivity index (χ3n) is 2.85. The van der Waals surface area contributed by atoms with Crippen molar-refractivity contribution in [3.8, 4) is 0 Å². The van der Waals surface area contributed by atoms with E-state index in [1.165, 1.54) is 13.0 Å². The summed E-state index contributed by atoms with van der Waals surface area (Å²) in [6, 6.07) is 0.525. The maximum atomic E-state index is 5.28. The average Bonchev–Trinajstić information content (AvgIpc) is 2.38.